The molecule has 8 rings (SSSR count). The lowest BCUT2D eigenvalue weighted by Gasteiger charge is -2.24. The van der Waals surface area contributed by atoms with Crippen LogP contribution in [0.5, 0.6) is 23.0 Å². The molecule has 0 bridgehead atoms. The second-order valence-corrected chi connectivity index (χ2v) is 21.6. The van der Waals surface area contributed by atoms with Crippen molar-refractivity contribution < 1.29 is 61.2 Å². The maximum Gasteiger partial charge on any atom is 0.349 e. The number of hydrogen-bond donors (Lipinski definition) is 1. The Labute approximate surface area is 491 Å². The fourth-order valence-electron chi connectivity index (χ4n) is 8.52. The molecule has 440 valence electrons. The van der Waals surface area contributed by atoms with E-state index in [0.29, 0.717) is 85.2 Å². The maximum absolute atomic E-state index is 12.5. The molecule has 0 spiro atoms. The molecule has 8 aromatic rings. The molecule has 0 saturated heterocycles. The molecule has 0 aliphatic heterocycles. The third-order valence-electron chi connectivity index (χ3n) is 12.8. The van der Waals surface area contributed by atoms with Crippen LogP contribution in [-0.4, -0.2) is 83.6 Å². The first-order chi connectivity index (χ1) is 40.0. The van der Waals surface area contributed by atoms with Gasteiger partial charge in [0.15, 0.2) is 11.2 Å². The van der Waals surface area contributed by atoms with Gasteiger partial charge in [0.05, 0.1) is 50.0 Å². The van der Waals surface area contributed by atoms with Gasteiger partial charge < -0.3 is 47.3 Å². The highest BCUT2D eigenvalue weighted by Gasteiger charge is 2.33. The number of rotatable bonds is 23. The third kappa shape index (κ3) is 17.4. The zero-order valence-electron chi connectivity index (χ0n) is 50.0. The monoisotopic (exact) mass is 1140 g/mol. The van der Waals surface area contributed by atoms with Crippen LogP contribution in [0.1, 0.15) is 113 Å². The highest BCUT2D eigenvalue weighted by Crippen LogP contribution is 2.31. The van der Waals surface area contributed by atoms with Crippen molar-refractivity contribution >= 4 is 23.8 Å². The lowest BCUT2D eigenvalue weighted by atomic mass is 10.0. The normalized spacial score (nSPS) is 11.4. The minimum Gasteiger partial charge on any atom is -0.493 e. The van der Waals surface area contributed by atoms with Crippen LogP contribution in [0.4, 0.5) is 0 Å². The number of ether oxygens (including phenoxy) is 7. The minimum absolute atomic E-state index is 0.0966. The summed E-state index contributed by atoms with van der Waals surface area (Å²) in [5.41, 5.74) is 5.91. The Bertz CT molecular complexity index is 3500. The Morgan fingerprint density at radius 3 is 1.35 bits per heavy atom. The third-order valence-corrected chi connectivity index (χ3v) is 12.8. The van der Waals surface area contributed by atoms with Crippen molar-refractivity contribution in [3.8, 4) is 68.2 Å². The number of aromatic nitrogens is 2. The summed E-state index contributed by atoms with van der Waals surface area (Å²) in [6.07, 6.45) is 1.12. The summed E-state index contributed by atoms with van der Waals surface area (Å²) in [6.45, 7) is 23.4. The van der Waals surface area contributed by atoms with E-state index in [-0.39, 0.29) is 24.0 Å². The molecule has 6 aromatic carbocycles. The van der Waals surface area contributed by atoms with Gasteiger partial charge in [-0.3, -0.25) is 4.79 Å². The second kappa shape index (κ2) is 28.2. The zero-order valence-corrected chi connectivity index (χ0v) is 50.0. The molecule has 1 N–H and O–H groups in total. The van der Waals surface area contributed by atoms with Gasteiger partial charge in [-0.15, -0.1) is 0 Å². The Hall–Kier alpha value is -9.18. The molecule has 2 heterocycles. The van der Waals surface area contributed by atoms with Crippen LogP contribution in [0.2, 0.25) is 0 Å². The van der Waals surface area contributed by atoms with Crippen LogP contribution in [0.25, 0.3) is 45.2 Å². The standard InChI is InChI=1S/C35H40N2O6.C33H35NO7/c1-8-40-33(39)35(6,7)43-29-18-16-28(17-19-29)41-21-20-30-23(2)42-32(36-30)27-11-9-10-26(22-27)24-12-14-25(15-13-24)31(38)37-34(3,4)5;1-6-37-31(35)24-16-14-23(15-17-24)25-10-8-11-26(20-25)30-34-29(22(3)40-30)18-19-39-27-12-9-13-28(21-27)41-33(4,5)32(36)38-7-2/h9-19,22H,8,20-21H2,1-7H3,(H,37,38);8-17,20-21H,6-7,18-19H2,1-5H3. The van der Waals surface area contributed by atoms with E-state index in [4.69, 9.17) is 52.0 Å². The van der Waals surface area contributed by atoms with Crippen LogP contribution >= 0.6 is 0 Å². The number of benzene rings is 6. The average molecular weight is 1140 g/mol. The smallest absolute Gasteiger partial charge is 0.349 e. The first-order valence-corrected chi connectivity index (χ1v) is 28.1. The zero-order chi connectivity index (χ0) is 60.6. The van der Waals surface area contributed by atoms with E-state index in [1.54, 1.807) is 97.0 Å². The lowest BCUT2D eigenvalue weighted by molar-refractivity contribution is -0.159. The summed E-state index contributed by atoms with van der Waals surface area (Å²) in [4.78, 5) is 58.1. The molecule has 1 amide bonds. The molecule has 0 saturated carbocycles. The molecule has 0 aliphatic carbocycles. The molecular formula is C68H75N3O13. The van der Waals surface area contributed by atoms with Gasteiger partial charge in [0.1, 0.15) is 34.5 Å². The average Bonchev–Trinajstić information content (AvgIpc) is 4.18. The van der Waals surface area contributed by atoms with Gasteiger partial charge in [-0.2, -0.15) is 0 Å². The summed E-state index contributed by atoms with van der Waals surface area (Å²) in [5, 5.41) is 2.99. The number of hydrogen-bond acceptors (Lipinski definition) is 15. The van der Waals surface area contributed by atoms with E-state index in [2.05, 4.69) is 5.32 Å². The Morgan fingerprint density at radius 2 is 0.869 bits per heavy atom. The molecule has 2 aromatic heterocycles. The van der Waals surface area contributed by atoms with Gasteiger partial charge in [-0.05, 0) is 190 Å². The number of carbonyl (C=O) groups is 4. The van der Waals surface area contributed by atoms with Crippen molar-refractivity contribution in [2.24, 2.45) is 0 Å². The fraction of sp³-hybridized carbons (Fsp3) is 0.324. The quantitative estimate of drug-likeness (QED) is 0.0468. The number of nitrogens with one attached hydrogen (secondary N) is 1. The molecule has 16 heteroatoms. The van der Waals surface area contributed by atoms with Crippen LogP contribution in [0.15, 0.2) is 154 Å². The van der Waals surface area contributed by atoms with E-state index in [1.165, 1.54) is 0 Å². The number of nitrogens with zero attached hydrogens (tertiary/aromatic N) is 2. The highest BCUT2D eigenvalue weighted by atomic mass is 16.6. The topological polar surface area (TPSA) is 197 Å². The van der Waals surface area contributed by atoms with Gasteiger partial charge in [0, 0.05) is 41.1 Å². The fourth-order valence-corrected chi connectivity index (χ4v) is 8.52. The second-order valence-electron chi connectivity index (χ2n) is 21.6. The maximum atomic E-state index is 12.5. The van der Waals surface area contributed by atoms with Crippen LogP contribution in [0, 0.1) is 13.8 Å². The van der Waals surface area contributed by atoms with Gasteiger partial charge in [-0.1, -0.05) is 54.6 Å². The molecule has 0 radical (unpaired) electrons. The first kappa shape index (κ1) is 62.4. The van der Waals surface area contributed by atoms with Crippen LogP contribution in [-0.2, 0) is 36.6 Å². The summed E-state index contributed by atoms with van der Waals surface area (Å²) in [7, 11) is 0. The SMILES string of the molecule is CCOC(=O)C(C)(C)Oc1ccc(OCCc2nc(-c3cccc(-c4ccc(C(=O)NC(C)(C)C)cc4)c3)oc2C)cc1.CCOC(=O)c1ccc(-c2cccc(-c3nc(CCOc4cccc(OC(C)(C)C(=O)OCC)c4)c(C)o3)c2)cc1. The predicted molar refractivity (Wildman–Crippen MR) is 321 cm³/mol. The molecule has 16 nitrogen and oxygen atoms in total. The Morgan fingerprint density at radius 1 is 0.452 bits per heavy atom. The van der Waals surface area contributed by atoms with Crippen LogP contribution in [0.3, 0.4) is 0 Å². The molecule has 0 atom stereocenters. The molecule has 0 fully saturated rings. The Kier molecular flexibility index (Phi) is 21.0. The lowest BCUT2D eigenvalue weighted by Crippen LogP contribution is -2.40. The Balaban J connectivity index is 0.000000241. The summed E-state index contributed by atoms with van der Waals surface area (Å²) >= 11 is 0. The van der Waals surface area contributed by atoms with Crippen molar-refractivity contribution in [2.45, 2.75) is 113 Å². The highest BCUT2D eigenvalue weighted by molar-refractivity contribution is 5.95. The number of esters is 3. The van der Waals surface area contributed by atoms with E-state index in [9.17, 15) is 19.2 Å². The minimum atomic E-state index is -1.12. The van der Waals surface area contributed by atoms with Crippen LogP contribution < -0.4 is 24.3 Å². The molecule has 0 aliphatic rings. The van der Waals surface area contributed by atoms with Crippen molar-refractivity contribution in [3.63, 3.8) is 0 Å². The van der Waals surface area contributed by atoms with Crippen molar-refractivity contribution in [3.05, 3.63) is 180 Å². The number of carbonyl (C=O) groups excluding carboxylic acids is 4. The number of amides is 1. The van der Waals surface area contributed by atoms with Crippen molar-refractivity contribution in [2.75, 3.05) is 33.0 Å². The van der Waals surface area contributed by atoms with E-state index in [0.717, 1.165) is 56.3 Å². The summed E-state index contributed by atoms with van der Waals surface area (Å²) in [5.74, 6) is 3.61. The summed E-state index contributed by atoms with van der Waals surface area (Å²) < 4.78 is 50.8. The summed E-state index contributed by atoms with van der Waals surface area (Å²) in [6, 6.07) is 45.0. The van der Waals surface area contributed by atoms with Crippen molar-refractivity contribution in [1.82, 2.24) is 15.3 Å². The van der Waals surface area contributed by atoms with E-state index < -0.39 is 23.1 Å². The predicted octanol–water partition coefficient (Wildman–Crippen LogP) is 14.0. The number of oxazole rings is 2. The van der Waals surface area contributed by atoms with Gasteiger partial charge in [-0.25, -0.2) is 24.4 Å². The van der Waals surface area contributed by atoms with E-state index in [1.807, 2.05) is 132 Å². The number of aryl methyl sites for hydroxylation is 2. The largest absolute Gasteiger partial charge is 0.493 e. The van der Waals surface area contributed by atoms with E-state index >= 15 is 0 Å². The molecule has 84 heavy (non-hydrogen) atoms. The molecule has 0 unspecified atom stereocenters. The van der Waals surface area contributed by atoms with Gasteiger partial charge in [0.25, 0.3) is 5.91 Å². The van der Waals surface area contributed by atoms with Gasteiger partial charge >= 0.3 is 17.9 Å². The molecular weight excluding hydrogens is 1070 g/mol. The van der Waals surface area contributed by atoms with Gasteiger partial charge in [0.2, 0.25) is 11.8 Å². The first-order valence-electron chi connectivity index (χ1n) is 28.1. The van der Waals surface area contributed by atoms with Crippen molar-refractivity contribution in [1.29, 1.82) is 0 Å².